The van der Waals surface area contributed by atoms with Gasteiger partial charge in [-0.2, -0.15) is 0 Å². The largest absolute Gasteiger partial charge is 0.299 e. The molecule has 3 heteroatoms. The lowest BCUT2D eigenvalue weighted by molar-refractivity contribution is -0.133. The van der Waals surface area contributed by atoms with Crippen LogP contribution in [-0.4, -0.2) is 15.5 Å². The fourth-order valence-corrected chi connectivity index (χ4v) is 7.62. The Bertz CT molecular complexity index is 609. The van der Waals surface area contributed by atoms with Crippen molar-refractivity contribution in [2.75, 3.05) is 0 Å². The number of alkyl halides is 1. The minimum Gasteiger partial charge on any atom is -0.299 e. The number of carbonyl (C=O) groups is 2. The Morgan fingerprint density at radius 1 is 1.09 bits per heavy atom. The summed E-state index contributed by atoms with van der Waals surface area (Å²) in [6, 6.07) is 0. The number of rotatable bonds is 0. The summed E-state index contributed by atoms with van der Waals surface area (Å²) in [5, 5.41) is 0. The van der Waals surface area contributed by atoms with Crippen molar-refractivity contribution in [1.29, 1.82) is 0 Å². The number of allylic oxidation sites excluding steroid dienone is 1. The van der Waals surface area contributed by atoms with Gasteiger partial charge in [-0.15, -0.1) is 0 Å². The third-order valence-corrected chi connectivity index (χ3v) is 10.0. The van der Waals surface area contributed by atoms with Crippen LogP contribution in [0.25, 0.3) is 0 Å². The van der Waals surface area contributed by atoms with Crippen LogP contribution in [0.15, 0.2) is 11.6 Å². The third kappa shape index (κ3) is 1.98. The van der Waals surface area contributed by atoms with Crippen molar-refractivity contribution in [2.24, 2.45) is 34.5 Å². The molecule has 0 spiro atoms. The van der Waals surface area contributed by atoms with Crippen molar-refractivity contribution < 1.29 is 9.59 Å². The van der Waals surface area contributed by atoms with Gasteiger partial charge in [0.2, 0.25) is 0 Å². The number of fused-ring (bicyclic) bond motifs is 5. The molecular weight excluding hydrogens is 399 g/mol. The molecule has 7 atom stereocenters. The fourth-order valence-electron chi connectivity index (χ4n) is 6.69. The SMILES string of the molecule is C[C@H]1[C@@H](I)C(=O)C=C2CC[C@@H]3[C@H](CC[C@]4(C)C(=O)CC[C@@H]34)[C@]21C. The summed E-state index contributed by atoms with van der Waals surface area (Å²) >= 11 is 2.36. The molecular formula is C20H27IO2. The van der Waals surface area contributed by atoms with Crippen LogP contribution in [0.4, 0.5) is 0 Å². The van der Waals surface area contributed by atoms with Crippen molar-refractivity contribution in [3.05, 3.63) is 11.6 Å². The van der Waals surface area contributed by atoms with E-state index in [0.29, 0.717) is 35.2 Å². The van der Waals surface area contributed by atoms with E-state index in [1.165, 1.54) is 18.4 Å². The monoisotopic (exact) mass is 426 g/mol. The summed E-state index contributed by atoms with van der Waals surface area (Å²) in [4.78, 5) is 24.8. The van der Waals surface area contributed by atoms with Crippen LogP contribution in [-0.2, 0) is 9.59 Å². The van der Waals surface area contributed by atoms with Gasteiger partial charge in [0.1, 0.15) is 5.78 Å². The molecule has 0 heterocycles. The molecule has 4 aliphatic carbocycles. The van der Waals surface area contributed by atoms with E-state index < -0.39 is 0 Å². The summed E-state index contributed by atoms with van der Waals surface area (Å²) in [5.41, 5.74) is 1.53. The number of ketones is 2. The van der Waals surface area contributed by atoms with Gasteiger partial charge in [0, 0.05) is 11.8 Å². The van der Waals surface area contributed by atoms with E-state index in [1.807, 2.05) is 6.08 Å². The molecule has 0 bridgehead atoms. The Balaban J connectivity index is 1.75. The molecule has 0 aromatic carbocycles. The molecule has 4 aliphatic rings. The van der Waals surface area contributed by atoms with Crippen LogP contribution in [0.2, 0.25) is 0 Å². The molecule has 0 radical (unpaired) electrons. The highest BCUT2D eigenvalue weighted by atomic mass is 127. The zero-order chi connectivity index (χ0) is 16.6. The molecule has 0 N–H and O–H groups in total. The Hall–Kier alpha value is -0.190. The molecule has 0 aromatic rings. The second kappa shape index (κ2) is 5.15. The molecule has 2 nitrogen and oxygen atoms in total. The van der Waals surface area contributed by atoms with Gasteiger partial charge in [0.05, 0.1) is 3.92 Å². The molecule has 0 amide bonds. The minimum atomic E-state index is -0.0454. The highest BCUT2D eigenvalue weighted by Gasteiger charge is 2.61. The summed E-state index contributed by atoms with van der Waals surface area (Å²) in [5.74, 6) is 3.18. The predicted octanol–water partition coefficient (Wildman–Crippen LogP) is 4.75. The van der Waals surface area contributed by atoms with Gasteiger partial charge in [0.25, 0.3) is 0 Å². The van der Waals surface area contributed by atoms with Crippen molar-refractivity contribution in [1.82, 2.24) is 0 Å². The summed E-state index contributed by atoms with van der Waals surface area (Å²) in [6.45, 7) is 6.96. The van der Waals surface area contributed by atoms with Gasteiger partial charge in [-0.25, -0.2) is 0 Å². The lowest BCUT2D eigenvalue weighted by atomic mass is 9.45. The normalized spacial score (nSPS) is 52.5. The molecule has 0 aliphatic heterocycles. The Labute approximate surface area is 153 Å². The molecule has 0 aromatic heterocycles. The van der Waals surface area contributed by atoms with Gasteiger partial charge < -0.3 is 0 Å². The highest BCUT2D eigenvalue weighted by molar-refractivity contribution is 14.1. The first-order valence-corrected chi connectivity index (χ1v) is 10.5. The van der Waals surface area contributed by atoms with Crippen LogP contribution in [0.1, 0.15) is 59.3 Å². The van der Waals surface area contributed by atoms with Crippen LogP contribution in [0.5, 0.6) is 0 Å². The van der Waals surface area contributed by atoms with E-state index in [2.05, 4.69) is 43.4 Å². The first-order valence-electron chi connectivity index (χ1n) is 9.22. The second-order valence-electron chi connectivity index (χ2n) is 8.88. The number of hydrogen-bond acceptors (Lipinski definition) is 2. The smallest absolute Gasteiger partial charge is 0.168 e. The average molecular weight is 426 g/mol. The third-order valence-electron chi connectivity index (χ3n) is 8.33. The summed E-state index contributed by atoms with van der Waals surface area (Å²) in [6.07, 6.45) is 8.37. The molecule has 0 unspecified atom stereocenters. The van der Waals surface area contributed by atoms with E-state index in [9.17, 15) is 9.59 Å². The zero-order valence-electron chi connectivity index (χ0n) is 14.4. The van der Waals surface area contributed by atoms with Gasteiger partial charge in [-0.3, -0.25) is 9.59 Å². The van der Waals surface area contributed by atoms with E-state index >= 15 is 0 Å². The maximum Gasteiger partial charge on any atom is 0.168 e. The zero-order valence-corrected chi connectivity index (χ0v) is 16.6. The average Bonchev–Trinajstić information content (AvgIpc) is 2.83. The van der Waals surface area contributed by atoms with Crippen molar-refractivity contribution in [3.8, 4) is 0 Å². The van der Waals surface area contributed by atoms with E-state index in [4.69, 9.17) is 0 Å². The maximum atomic E-state index is 12.5. The summed E-state index contributed by atoms with van der Waals surface area (Å²) < 4.78 is 0.110. The number of halogens is 1. The topological polar surface area (TPSA) is 34.1 Å². The van der Waals surface area contributed by atoms with Gasteiger partial charge in [-0.05, 0) is 67.3 Å². The maximum absolute atomic E-state index is 12.5. The van der Waals surface area contributed by atoms with Gasteiger partial charge in [-0.1, -0.05) is 48.9 Å². The highest BCUT2D eigenvalue weighted by Crippen LogP contribution is 2.65. The van der Waals surface area contributed by atoms with Crippen LogP contribution >= 0.6 is 22.6 Å². The minimum absolute atomic E-state index is 0.0454. The number of carbonyl (C=O) groups excluding carboxylic acids is 2. The Morgan fingerprint density at radius 3 is 2.57 bits per heavy atom. The van der Waals surface area contributed by atoms with Crippen LogP contribution < -0.4 is 0 Å². The van der Waals surface area contributed by atoms with E-state index in [1.54, 1.807) is 0 Å². The molecule has 0 saturated heterocycles. The van der Waals surface area contributed by atoms with E-state index in [0.717, 1.165) is 25.7 Å². The lowest BCUT2D eigenvalue weighted by Crippen LogP contribution is -2.55. The van der Waals surface area contributed by atoms with Crippen molar-refractivity contribution in [2.45, 2.75) is 63.2 Å². The summed E-state index contributed by atoms with van der Waals surface area (Å²) in [7, 11) is 0. The molecule has 126 valence electrons. The Morgan fingerprint density at radius 2 is 1.83 bits per heavy atom. The van der Waals surface area contributed by atoms with Crippen molar-refractivity contribution in [3.63, 3.8) is 0 Å². The predicted molar refractivity (Wildman–Crippen MR) is 99.5 cm³/mol. The second-order valence-corrected chi connectivity index (χ2v) is 10.2. The van der Waals surface area contributed by atoms with Crippen molar-refractivity contribution >= 4 is 34.2 Å². The lowest BCUT2D eigenvalue weighted by Gasteiger charge is -2.59. The number of Topliss-reactive ketones (excluding diaryl/α,β-unsaturated/α-hetero) is 1. The van der Waals surface area contributed by atoms with E-state index in [-0.39, 0.29) is 14.8 Å². The molecule has 3 fully saturated rings. The first kappa shape index (κ1) is 16.3. The molecule has 3 saturated carbocycles. The quantitative estimate of drug-likeness (QED) is 0.414. The Kier molecular flexibility index (Phi) is 3.65. The standard InChI is InChI=1S/C20H27IO2/c1-11-18(21)16(22)10-12-4-5-13-14-6-7-17(23)19(14,2)9-8-15(13)20(11,12)3/h10-11,13-15,18H,4-9H2,1-3H3/t11-,13-,14-,15-,18+,19-,20-/m0/s1. The number of hydrogen-bond donors (Lipinski definition) is 0. The van der Waals surface area contributed by atoms with Crippen LogP contribution in [0, 0.1) is 34.5 Å². The van der Waals surface area contributed by atoms with Gasteiger partial charge in [0.15, 0.2) is 5.78 Å². The fraction of sp³-hybridized carbons (Fsp3) is 0.800. The first-order chi connectivity index (χ1) is 10.8. The van der Waals surface area contributed by atoms with Gasteiger partial charge >= 0.3 is 0 Å². The van der Waals surface area contributed by atoms with Crippen LogP contribution in [0.3, 0.4) is 0 Å². The molecule has 4 rings (SSSR count). The molecule has 23 heavy (non-hydrogen) atoms.